The number of rotatable bonds is 1. The van der Waals surface area contributed by atoms with Gasteiger partial charge < -0.3 is 5.73 Å². The topological polar surface area (TPSA) is 26.0 Å². The van der Waals surface area contributed by atoms with Gasteiger partial charge in [-0.2, -0.15) is 0 Å². The minimum atomic E-state index is 0.858. The van der Waals surface area contributed by atoms with Gasteiger partial charge in [0.15, 0.2) is 0 Å². The van der Waals surface area contributed by atoms with Crippen LogP contribution in [0.4, 0.5) is 5.69 Å². The molecule has 66 valence electrons. The van der Waals surface area contributed by atoms with Gasteiger partial charge in [-0.05, 0) is 18.5 Å². The van der Waals surface area contributed by atoms with E-state index in [1.54, 1.807) is 0 Å². The van der Waals surface area contributed by atoms with Gasteiger partial charge in [-0.25, -0.2) is 0 Å². The molecule has 0 fully saturated rings. The number of nitrogens with two attached hydrogens (primary N) is 1. The van der Waals surface area contributed by atoms with Crippen molar-refractivity contribution in [1.29, 1.82) is 0 Å². The predicted octanol–water partition coefficient (Wildman–Crippen LogP) is 3.02. The van der Waals surface area contributed by atoms with E-state index in [0.29, 0.717) is 0 Å². The first kappa shape index (κ1) is 11.2. The second-order valence-electron chi connectivity index (χ2n) is 2.02. The van der Waals surface area contributed by atoms with Crippen molar-refractivity contribution in [2.24, 2.45) is 0 Å². The Morgan fingerprint density at radius 3 is 2.33 bits per heavy atom. The number of nitrogen functional groups attached to an aromatic ring is 1. The molecule has 0 bridgehead atoms. The molecule has 1 aromatic rings. The fraction of sp³-hybridized carbons (Fsp3) is 0.300. The molecule has 2 heteroatoms. The summed E-state index contributed by atoms with van der Waals surface area (Å²) in [6, 6.07) is 7.87. The lowest BCUT2D eigenvalue weighted by Gasteiger charge is -1.95. The molecule has 1 aromatic carbocycles. The van der Waals surface area contributed by atoms with Gasteiger partial charge in [0.05, 0.1) is 0 Å². The van der Waals surface area contributed by atoms with Gasteiger partial charge in [-0.1, -0.05) is 32.0 Å². The van der Waals surface area contributed by atoms with Crippen molar-refractivity contribution in [3.8, 4) is 0 Å². The first-order valence-corrected chi connectivity index (χ1v) is 5.52. The van der Waals surface area contributed by atoms with Crippen molar-refractivity contribution in [3.05, 3.63) is 29.8 Å². The van der Waals surface area contributed by atoms with E-state index in [1.165, 1.54) is 8.20 Å². The summed E-state index contributed by atoms with van der Waals surface area (Å²) in [5, 5.41) is 0. The number of benzene rings is 1. The van der Waals surface area contributed by atoms with Crippen molar-refractivity contribution < 1.29 is 0 Å². The quantitative estimate of drug-likeness (QED) is 0.523. The van der Waals surface area contributed by atoms with Crippen molar-refractivity contribution in [2.45, 2.75) is 13.8 Å². The highest BCUT2D eigenvalue weighted by Gasteiger charge is 1.88. The van der Waals surface area contributed by atoms with Gasteiger partial charge in [0.25, 0.3) is 0 Å². The Kier molecular flexibility index (Phi) is 6.41. The normalized spacial score (nSPS) is 9.25. The largest absolute Gasteiger partial charge is 0.398 e. The lowest BCUT2D eigenvalue weighted by atomic mass is 10.2. The zero-order valence-corrected chi connectivity index (χ0v) is 8.81. The highest BCUT2D eigenvalue weighted by Crippen LogP contribution is 2.08. The molecule has 0 heterocycles. The van der Waals surface area contributed by atoms with Crippen molar-refractivity contribution in [3.63, 3.8) is 0 Å². The van der Waals surface area contributed by atoms with Crippen molar-refractivity contribution >= 4 is 19.7 Å². The Balaban J connectivity index is 0.000000561. The molecule has 1 nitrogen and oxygen atoms in total. The van der Waals surface area contributed by atoms with E-state index in [2.05, 4.69) is 12.5 Å². The summed E-state index contributed by atoms with van der Waals surface area (Å²) < 4.78 is 0. The Morgan fingerprint density at radius 1 is 1.25 bits per heavy atom. The van der Waals surface area contributed by atoms with Crippen molar-refractivity contribution in [2.75, 3.05) is 12.4 Å². The molecule has 0 unspecified atom stereocenters. The van der Waals surface area contributed by atoms with Crippen LogP contribution >= 0.6 is 8.20 Å². The fourth-order valence-corrected chi connectivity index (χ4v) is 1.28. The van der Waals surface area contributed by atoms with Crippen LogP contribution in [0.1, 0.15) is 19.4 Å². The maximum atomic E-state index is 5.67. The summed E-state index contributed by atoms with van der Waals surface area (Å²) in [5.74, 6) is 2.09. The highest BCUT2D eigenvalue weighted by molar-refractivity contribution is 7.38. The average molecular weight is 181 g/mol. The van der Waals surface area contributed by atoms with E-state index in [9.17, 15) is 0 Å². The third kappa shape index (κ3) is 3.54. The van der Waals surface area contributed by atoms with Crippen LogP contribution in [0.15, 0.2) is 24.3 Å². The zero-order valence-electron chi connectivity index (χ0n) is 7.91. The number of hydrogen-bond donors (Lipinski definition) is 1. The molecule has 0 radical (unpaired) electrons. The van der Waals surface area contributed by atoms with Gasteiger partial charge in [0.1, 0.15) is 0 Å². The molecule has 2 N–H and O–H groups in total. The second kappa shape index (κ2) is 6.87. The molecule has 0 saturated heterocycles. The zero-order chi connectivity index (χ0) is 9.40. The Hall–Kier alpha value is -0.810. The minimum absolute atomic E-state index is 0.858. The highest BCUT2D eigenvalue weighted by atomic mass is 31.1. The first-order valence-electron chi connectivity index (χ1n) is 4.11. The van der Waals surface area contributed by atoms with Crippen LogP contribution in [0, 0.1) is 0 Å². The van der Waals surface area contributed by atoms with Gasteiger partial charge in [-0.15, -0.1) is 8.20 Å². The maximum absolute atomic E-state index is 5.67. The molecule has 0 aromatic heterocycles. The van der Waals surface area contributed by atoms with Crippen LogP contribution in [-0.4, -0.2) is 12.5 Å². The van der Waals surface area contributed by atoms with Crippen LogP contribution < -0.4 is 5.73 Å². The fourth-order valence-electron chi connectivity index (χ4n) is 0.768. The smallest absolute Gasteiger partial charge is 0.0391 e. The van der Waals surface area contributed by atoms with Crippen molar-refractivity contribution in [1.82, 2.24) is 0 Å². The standard InChI is InChI=1S/C8H10NP.C2H6/c1-10-6-7-4-2-3-5-8(7)9;1-2/h2-6H,9H2,1H3;1-2H3. The Morgan fingerprint density at radius 2 is 1.83 bits per heavy atom. The van der Waals surface area contributed by atoms with E-state index in [1.807, 2.05) is 38.1 Å². The summed E-state index contributed by atoms with van der Waals surface area (Å²) in [7, 11) is 1.25. The Labute approximate surface area is 76.4 Å². The molecule has 0 aliphatic heterocycles. The monoisotopic (exact) mass is 181 g/mol. The third-order valence-electron chi connectivity index (χ3n) is 1.26. The van der Waals surface area contributed by atoms with Crippen LogP contribution in [-0.2, 0) is 0 Å². The minimum Gasteiger partial charge on any atom is -0.398 e. The second-order valence-corrected chi connectivity index (χ2v) is 2.79. The summed E-state index contributed by atoms with van der Waals surface area (Å²) >= 11 is 0. The Bertz CT molecular complexity index is 243. The first-order chi connectivity index (χ1) is 5.84. The predicted molar refractivity (Wildman–Crippen MR) is 60.2 cm³/mol. The molecular formula is C10H16NP. The molecule has 0 spiro atoms. The van der Waals surface area contributed by atoms with Crippen LogP contribution in [0.25, 0.3) is 0 Å². The summed E-state index contributed by atoms with van der Waals surface area (Å²) in [5.41, 5.74) is 7.66. The summed E-state index contributed by atoms with van der Waals surface area (Å²) in [4.78, 5) is 0. The van der Waals surface area contributed by atoms with E-state index >= 15 is 0 Å². The lowest BCUT2D eigenvalue weighted by Crippen LogP contribution is -1.89. The molecule has 0 aliphatic rings. The average Bonchev–Trinajstić information content (AvgIpc) is 2.13. The number of anilines is 1. The lowest BCUT2D eigenvalue weighted by molar-refractivity contribution is 1.50. The van der Waals surface area contributed by atoms with Gasteiger partial charge in [0.2, 0.25) is 0 Å². The molecule has 1 rings (SSSR count). The molecule has 12 heavy (non-hydrogen) atoms. The van der Waals surface area contributed by atoms with E-state index < -0.39 is 0 Å². The summed E-state index contributed by atoms with van der Waals surface area (Å²) in [6.07, 6.45) is 0. The van der Waals surface area contributed by atoms with Crippen LogP contribution in [0.5, 0.6) is 0 Å². The van der Waals surface area contributed by atoms with Crippen LogP contribution in [0.2, 0.25) is 0 Å². The number of para-hydroxylation sites is 1. The van der Waals surface area contributed by atoms with Gasteiger partial charge >= 0.3 is 0 Å². The molecule has 0 saturated carbocycles. The molecule has 0 amide bonds. The number of hydrogen-bond acceptors (Lipinski definition) is 1. The third-order valence-corrected chi connectivity index (χ3v) is 1.80. The van der Waals surface area contributed by atoms with Gasteiger partial charge in [0, 0.05) is 11.3 Å². The van der Waals surface area contributed by atoms with Gasteiger partial charge in [-0.3, -0.25) is 0 Å². The molecular weight excluding hydrogens is 165 g/mol. The molecule has 0 aliphatic carbocycles. The van der Waals surface area contributed by atoms with Crippen LogP contribution in [0.3, 0.4) is 0 Å². The van der Waals surface area contributed by atoms with E-state index in [4.69, 9.17) is 5.73 Å². The maximum Gasteiger partial charge on any atom is 0.0391 e. The van der Waals surface area contributed by atoms with E-state index in [0.717, 1.165) is 11.3 Å². The SMILES string of the molecule is CC.CP=Cc1ccccc1N. The molecule has 0 atom stereocenters. The summed E-state index contributed by atoms with van der Waals surface area (Å²) in [6.45, 7) is 6.08. The van der Waals surface area contributed by atoms with E-state index in [-0.39, 0.29) is 0 Å².